The van der Waals surface area contributed by atoms with Crippen LogP contribution in [0, 0.1) is 0 Å². The Labute approximate surface area is 94.0 Å². The summed E-state index contributed by atoms with van der Waals surface area (Å²) in [5, 5.41) is 0. The summed E-state index contributed by atoms with van der Waals surface area (Å²) >= 11 is 0. The summed E-state index contributed by atoms with van der Waals surface area (Å²) in [6.45, 7) is 0.742. The predicted molar refractivity (Wildman–Crippen MR) is 62.8 cm³/mol. The summed E-state index contributed by atoms with van der Waals surface area (Å²) < 4.78 is 0. The summed E-state index contributed by atoms with van der Waals surface area (Å²) in [6.07, 6.45) is 6.80. The molecule has 82 valence electrons. The lowest BCUT2D eigenvalue weighted by Gasteiger charge is -2.17. The Bertz CT molecular complexity index is 440. The molecule has 5 heteroatoms. The highest BCUT2D eigenvalue weighted by atomic mass is 15.2. The van der Waals surface area contributed by atoms with Crippen LogP contribution in [-0.4, -0.2) is 22.0 Å². The van der Waals surface area contributed by atoms with Crippen LogP contribution in [0.3, 0.4) is 0 Å². The molecule has 0 saturated carbocycles. The number of anilines is 2. The van der Waals surface area contributed by atoms with Crippen LogP contribution in [0.1, 0.15) is 5.56 Å². The molecular weight excluding hydrogens is 202 g/mol. The van der Waals surface area contributed by atoms with Crippen molar-refractivity contribution < 1.29 is 0 Å². The van der Waals surface area contributed by atoms with Crippen molar-refractivity contribution in [3.63, 3.8) is 0 Å². The van der Waals surface area contributed by atoms with E-state index in [-0.39, 0.29) is 0 Å². The summed E-state index contributed by atoms with van der Waals surface area (Å²) in [4.78, 5) is 14.2. The first-order chi connectivity index (χ1) is 7.75. The SMILES string of the molecule is CN(Cc1cccnc1)c1cnc(N)cn1. The van der Waals surface area contributed by atoms with Crippen LogP contribution in [0.4, 0.5) is 11.6 Å². The van der Waals surface area contributed by atoms with Gasteiger partial charge in [-0.25, -0.2) is 9.97 Å². The number of nitrogens with two attached hydrogens (primary N) is 1. The topological polar surface area (TPSA) is 67.9 Å². The van der Waals surface area contributed by atoms with Crippen molar-refractivity contribution in [2.45, 2.75) is 6.54 Å². The second-order valence-corrected chi connectivity index (χ2v) is 3.52. The largest absolute Gasteiger partial charge is 0.382 e. The van der Waals surface area contributed by atoms with Crippen molar-refractivity contribution in [3.05, 3.63) is 42.5 Å². The van der Waals surface area contributed by atoms with E-state index in [1.807, 2.05) is 30.3 Å². The maximum absolute atomic E-state index is 5.48. The molecule has 0 aliphatic heterocycles. The van der Waals surface area contributed by atoms with Gasteiger partial charge in [-0.3, -0.25) is 4.98 Å². The van der Waals surface area contributed by atoms with Gasteiger partial charge in [-0.1, -0.05) is 6.07 Å². The molecule has 0 saturated heterocycles. The smallest absolute Gasteiger partial charge is 0.147 e. The maximum Gasteiger partial charge on any atom is 0.147 e. The zero-order valence-corrected chi connectivity index (χ0v) is 9.04. The number of nitrogen functional groups attached to an aromatic ring is 1. The fourth-order valence-corrected chi connectivity index (χ4v) is 1.37. The van der Waals surface area contributed by atoms with Crippen LogP contribution in [0.5, 0.6) is 0 Å². The van der Waals surface area contributed by atoms with Crippen LogP contribution in [0.25, 0.3) is 0 Å². The fraction of sp³-hybridized carbons (Fsp3) is 0.182. The molecule has 5 nitrogen and oxygen atoms in total. The maximum atomic E-state index is 5.48. The van der Waals surface area contributed by atoms with Gasteiger partial charge in [0.25, 0.3) is 0 Å². The number of hydrogen-bond donors (Lipinski definition) is 1. The second-order valence-electron chi connectivity index (χ2n) is 3.52. The van der Waals surface area contributed by atoms with Crippen LogP contribution in [-0.2, 0) is 6.54 Å². The molecule has 2 rings (SSSR count). The average Bonchev–Trinajstić information content (AvgIpc) is 2.31. The lowest BCUT2D eigenvalue weighted by molar-refractivity contribution is 0.885. The van der Waals surface area contributed by atoms with Crippen LogP contribution < -0.4 is 10.6 Å². The molecule has 0 aromatic carbocycles. The molecule has 0 spiro atoms. The Balaban J connectivity index is 2.09. The van der Waals surface area contributed by atoms with Gasteiger partial charge in [0, 0.05) is 26.0 Å². The summed E-state index contributed by atoms with van der Waals surface area (Å²) in [5.41, 5.74) is 6.61. The molecule has 2 heterocycles. The fourth-order valence-electron chi connectivity index (χ4n) is 1.37. The van der Waals surface area contributed by atoms with Crippen molar-refractivity contribution in [3.8, 4) is 0 Å². The molecule has 2 aromatic rings. The highest BCUT2D eigenvalue weighted by molar-refractivity contribution is 5.39. The van der Waals surface area contributed by atoms with Gasteiger partial charge in [-0.2, -0.15) is 0 Å². The lowest BCUT2D eigenvalue weighted by Crippen LogP contribution is -2.18. The summed E-state index contributed by atoms with van der Waals surface area (Å²) in [7, 11) is 1.95. The van der Waals surface area contributed by atoms with E-state index in [0.717, 1.165) is 17.9 Å². The predicted octanol–water partition coefficient (Wildman–Crippen LogP) is 1.09. The van der Waals surface area contributed by atoms with Crippen molar-refractivity contribution in [1.29, 1.82) is 0 Å². The number of aromatic nitrogens is 3. The van der Waals surface area contributed by atoms with Crippen LogP contribution >= 0.6 is 0 Å². The minimum absolute atomic E-state index is 0.429. The molecule has 2 aromatic heterocycles. The zero-order valence-electron chi connectivity index (χ0n) is 9.04. The van der Waals surface area contributed by atoms with Crippen molar-refractivity contribution >= 4 is 11.6 Å². The summed E-state index contributed by atoms with van der Waals surface area (Å²) in [5.74, 6) is 1.22. The normalized spacial score (nSPS) is 10.1. The number of hydrogen-bond acceptors (Lipinski definition) is 5. The van der Waals surface area contributed by atoms with E-state index >= 15 is 0 Å². The van der Waals surface area contributed by atoms with E-state index < -0.39 is 0 Å². The first-order valence-electron chi connectivity index (χ1n) is 4.93. The second kappa shape index (κ2) is 4.57. The molecule has 0 aliphatic rings. The Morgan fingerprint density at radius 2 is 2.12 bits per heavy atom. The van der Waals surface area contributed by atoms with Crippen molar-refractivity contribution in [1.82, 2.24) is 15.0 Å². The third-order valence-electron chi connectivity index (χ3n) is 2.19. The highest BCUT2D eigenvalue weighted by Gasteiger charge is 2.03. The monoisotopic (exact) mass is 215 g/mol. The van der Waals surface area contributed by atoms with E-state index in [9.17, 15) is 0 Å². The molecule has 0 amide bonds. The third-order valence-corrected chi connectivity index (χ3v) is 2.19. The Kier molecular flexibility index (Phi) is 2.95. The van der Waals surface area contributed by atoms with Gasteiger partial charge in [0.2, 0.25) is 0 Å². The average molecular weight is 215 g/mol. The number of nitrogens with zero attached hydrogens (tertiary/aromatic N) is 4. The molecule has 0 fully saturated rings. The van der Waals surface area contributed by atoms with Gasteiger partial charge in [0.1, 0.15) is 11.6 Å². The van der Waals surface area contributed by atoms with Gasteiger partial charge in [0.15, 0.2) is 0 Å². The minimum atomic E-state index is 0.429. The van der Waals surface area contributed by atoms with Crippen LogP contribution in [0.15, 0.2) is 36.9 Å². The van der Waals surface area contributed by atoms with E-state index in [4.69, 9.17) is 5.73 Å². The molecule has 0 unspecified atom stereocenters. The van der Waals surface area contributed by atoms with E-state index in [1.165, 1.54) is 0 Å². The van der Waals surface area contributed by atoms with E-state index in [1.54, 1.807) is 18.6 Å². The molecule has 0 aliphatic carbocycles. The first kappa shape index (κ1) is 10.4. The van der Waals surface area contributed by atoms with Gasteiger partial charge in [-0.05, 0) is 11.6 Å². The van der Waals surface area contributed by atoms with Crippen molar-refractivity contribution in [2.24, 2.45) is 0 Å². The van der Waals surface area contributed by atoms with E-state index in [0.29, 0.717) is 5.82 Å². The Hall–Kier alpha value is -2.17. The van der Waals surface area contributed by atoms with Gasteiger partial charge in [0.05, 0.1) is 12.4 Å². The quantitative estimate of drug-likeness (QED) is 0.830. The molecular formula is C11H13N5. The molecule has 16 heavy (non-hydrogen) atoms. The zero-order chi connectivity index (χ0) is 11.4. The number of pyridine rings is 1. The first-order valence-corrected chi connectivity index (χ1v) is 4.93. The molecule has 0 radical (unpaired) electrons. The van der Waals surface area contributed by atoms with Gasteiger partial charge in [-0.15, -0.1) is 0 Å². The van der Waals surface area contributed by atoms with Crippen LogP contribution in [0.2, 0.25) is 0 Å². The van der Waals surface area contributed by atoms with Gasteiger partial charge >= 0.3 is 0 Å². The summed E-state index contributed by atoms with van der Waals surface area (Å²) in [6, 6.07) is 3.94. The van der Waals surface area contributed by atoms with E-state index in [2.05, 4.69) is 15.0 Å². The Morgan fingerprint density at radius 3 is 2.75 bits per heavy atom. The van der Waals surface area contributed by atoms with Crippen molar-refractivity contribution in [2.75, 3.05) is 17.7 Å². The lowest BCUT2D eigenvalue weighted by atomic mass is 10.3. The highest BCUT2D eigenvalue weighted by Crippen LogP contribution is 2.10. The number of rotatable bonds is 3. The minimum Gasteiger partial charge on any atom is -0.382 e. The standard InChI is InChI=1S/C11H13N5/c1-16(8-9-3-2-4-13-5-9)11-7-14-10(12)6-15-11/h2-7H,8H2,1H3,(H2,12,14). The Morgan fingerprint density at radius 1 is 1.25 bits per heavy atom. The molecule has 0 atom stereocenters. The molecule has 0 bridgehead atoms. The molecule has 2 N–H and O–H groups in total. The van der Waals surface area contributed by atoms with Gasteiger partial charge < -0.3 is 10.6 Å². The third kappa shape index (κ3) is 2.44.